The summed E-state index contributed by atoms with van der Waals surface area (Å²) in [5.41, 5.74) is 1.23. The number of hydrogen-bond donors (Lipinski definition) is 1. The number of carbonyl (C=O) groups is 3. The number of carboxylic acids is 1. The molecule has 1 saturated heterocycles. The van der Waals surface area contributed by atoms with E-state index in [1.807, 2.05) is 7.05 Å². The molecule has 1 aromatic carbocycles. The average molecular weight is 417 g/mol. The zero-order valence-corrected chi connectivity index (χ0v) is 18.1. The molecule has 164 valence electrons. The molecule has 0 unspecified atom stereocenters. The minimum atomic E-state index is -1.05. The van der Waals surface area contributed by atoms with Gasteiger partial charge >= 0.3 is 5.97 Å². The molecule has 0 bridgehead atoms. The number of aromatic carboxylic acids is 1. The lowest BCUT2D eigenvalue weighted by Gasteiger charge is -2.38. The van der Waals surface area contributed by atoms with Crippen molar-refractivity contribution in [1.29, 1.82) is 0 Å². The van der Waals surface area contributed by atoms with E-state index in [2.05, 4.69) is 23.8 Å². The molecule has 3 rings (SSSR count). The molecular weight excluding hydrogens is 384 g/mol. The highest BCUT2D eigenvalue weighted by Crippen LogP contribution is 2.35. The molecule has 8 nitrogen and oxygen atoms in total. The van der Waals surface area contributed by atoms with Crippen LogP contribution < -0.4 is 9.80 Å². The van der Waals surface area contributed by atoms with Crippen LogP contribution in [0.25, 0.3) is 0 Å². The van der Waals surface area contributed by atoms with E-state index in [0.29, 0.717) is 24.0 Å². The average Bonchev–Trinajstić information content (AvgIpc) is 2.72. The molecule has 0 aliphatic carbocycles. The van der Waals surface area contributed by atoms with Crippen molar-refractivity contribution in [3.63, 3.8) is 0 Å². The lowest BCUT2D eigenvalue weighted by atomic mass is 10.0. The van der Waals surface area contributed by atoms with Crippen LogP contribution in [0.15, 0.2) is 18.2 Å². The summed E-state index contributed by atoms with van der Waals surface area (Å²) in [4.78, 5) is 45.0. The van der Waals surface area contributed by atoms with Crippen molar-refractivity contribution < 1.29 is 19.5 Å². The first-order valence-corrected chi connectivity index (χ1v) is 10.7. The van der Waals surface area contributed by atoms with Gasteiger partial charge in [-0.15, -0.1) is 0 Å². The van der Waals surface area contributed by atoms with Gasteiger partial charge in [-0.25, -0.2) is 4.79 Å². The SMILES string of the molecule is CCCCN1C(=O)CN(C(=O)CN(C)C2CCN(C)CC2)c2cc(C(=O)O)ccc21. The summed E-state index contributed by atoms with van der Waals surface area (Å²) in [6.45, 7) is 4.77. The number of likely N-dealkylation sites (tertiary alicyclic amines) is 1. The molecule has 0 atom stereocenters. The zero-order chi connectivity index (χ0) is 21.8. The summed E-state index contributed by atoms with van der Waals surface area (Å²) in [5, 5.41) is 9.41. The van der Waals surface area contributed by atoms with Gasteiger partial charge in [0.25, 0.3) is 0 Å². The minimum absolute atomic E-state index is 0.0557. The van der Waals surface area contributed by atoms with Crippen molar-refractivity contribution in [2.24, 2.45) is 0 Å². The van der Waals surface area contributed by atoms with Crippen molar-refractivity contribution in [2.45, 2.75) is 38.6 Å². The number of benzene rings is 1. The summed E-state index contributed by atoms with van der Waals surface area (Å²) in [7, 11) is 4.05. The predicted molar refractivity (Wildman–Crippen MR) is 116 cm³/mol. The maximum Gasteiger partial charge on any atom is 0.335 e. The highest BCUT2D eigenvalue weighted by Gasteiger charge is 2.34. The number of rotatable bonds is 7. The topological polar surface area (TPSA) is 84.4 Å². The summed E-state index contributed by atoms with van der Waals surface area (Å²) >= 11 is 0. The molecule has 1 aromatic rings. The van der Waals surface area contributed by atoms with Crippen molar-refractivity contribution in [3.05, 3.63) is 23.8 Å². The maximum absolute atomic E-state index is 13.2. The Balaban J connectivity index is 1.83. The molecule has 8 heteroatoms. The van der Waals surface area contributed by atoms with Gasteiger partial charge in [0.15, 0.2) is 0 Å². The van der Waals surface area contributed by atoms with Crippen LogP contribution >= 0.6 is 0 Å². The van der Waals surface area contributed by atoms with E-state index in [9.17, 15) is 19.5 Å². The van der Waals surface area contributed by atoms with Gasteiger partial charge in [0.05, 0.1) is 23.5 Å². The molecule has 2 aliphatic heterocycles. The molecule has 2 amide bonds. The van der Waals surface area contributed by atoms with Crippen molar-refractivity contribution >= 4 is 29.2 Å². The summed E-state index contributed by atoms with van der Waals surface area (Å²) < 4.78 is 0. The normalized spacial score (nSPS) is 18.1. The molecule has 0 aromatic heterocycles. The molecule has 1 N–H and O–H groups in total. The number of anilines is 2. The first kappa shape index (κ1) is 22.2. The molecule has 0 radical (unpaired) electrons. The Kier molecular flexibility index (Phi) is 7.10. The Morgan fingerprint density at radius 3 is 2.53 bits per heavy atom. The fourth-order valence-electron chi connectivity index (χ4n) is 4.19. The first-order chi connectivity index (χ1) is 14.3. The van der Waals surface area contributed by atoms with Crippen LogP contribution in [-0.4, -0.2) is 85.6 Å². The van der Waals surface area contributed by atoms with Crippen LogP contribution in [0.2, 0.25) is 0 Å². The van der Waals surface area contributed by atoms with Gasteiger partial charge < -0.3 is 14.9 Å². The van der Waals surface area contributed by atoms with E-state index < -0.39 is 5.97 Å². The Hall–Kier alpha value is -2.45. The third kappa shape index (κ3) is 4.82. The lowest BCUT2D eigenvalue weighted by Crippen LogP contribution is -2.52. The van der Waals surface area contributed by atoms with Gasteiger partial charge in [0.2, 0.25) is 11.8 Å². The summed E-state index contributed by atoms with van der Waals surface area (Å²) in [5.74, 6) is -1.36. The van der Waals surface area contributed by atoms with Crippen LogP contribution in [0.1, 0.15) is 43.0 Å². The van der Waals surface area contributed by atoms with Gasteiger partial charge in [-0.1, -0.05) is 13.3 Å². The molecule has 2 heterocycles. The molecule has 0 spiro atoms. The zero-order valence-electron chi connectivity index (χ0n) is 18.1. The van der Waals surface area contributed by atoms with Crippen LogP contribution in [0, 0.1) is 0 Å². The second kappa shape index (κ2) is 9.57. The van der Waals surface area contributed by atoms with E-state index in [4.69, 9.17) is 0 Å². The van der Waals surface area contributed by atoms with Crippen LogP contribution in [0.4, 0.5) is 11.4 Å². The number of carboxylic acid groups (broad SMARTS) is 1. The van der Waals surface area contributed by atoms with Gasteiger partial charge in [-0.3, -0.25) is 19.4 Å². The quantitative estimate of drug-likeness (QED) is 0.731. The molecule has 1 fully saturated rings. The molecule has 30 heavy (non-hydrogen) atoms. The predicted octanol–water partition coefficient (Wildman–Crippen LogP) is 1.89. The van der Waals surface area contributed by atoms with Gasteiger partial charge in [-0.2, -0.15) is 0 Å². The van der Waals surface area contributed by atoms with Gasteiger partial charge in [0, 0.05) is 12.6 Å². The Bertz CT molecular complexity index is 804. The smallest absolute Gasteiger partial charge is 0.335 e. The van der Waals surface area contributed by atoms with Crippen LogP contribution in [0.5, 0.6) is 0 Å². The fourth-order valence-corrected chi connectivity index (χ4v) is 4.19. The molecule has 2 aliphatic rings. The lowest BCUT2D eigenvalue weighted by molar-refractivity contribution is -0.123. The second-order valence-electron chi connectivity index (χ2n) is 8.34. The second-order valence-corrected chi connectivity index (χ2v) is 8.34. The Labute approximate surface area is 178 Å². The third-order valence-corrected chi connectivity index (χ3v) is 6.13. The number of nitrogens with zero attached hydrogens (tertiary/aromatic N) is 4. The highest BCUT2D eigenvalue weighted by molar-refractivity contribution is 6.12. The number of carbonyl (C=O) groups excluding carboxylic acids is 2. The largest absolute Gasteiger partial charge is 0.478 e. The number of unbranched alkanes of at least 4 members (excludes halogenated alkanes) is 1. The number of hydrogen-bond acceptors (Lipinski definition) is 5. The molecule has 0 saturated carbocycles. The van der Waals surface area contributed by atoms with Crippen molar-refractivity contribution in [1.82, 2.24) is 9.80 Å². The highest BCUT2D eigenvalue weighted by atomic mass is 16.4. The van der Waals surface area contributed by atoms with E-state index in [-0.39, 0.29) is 30.5 Å². The third-order valence-electron chi connectivity index (χ3n) is 6.13. The maximum atomic E-state index is 13.2. The minimum Gasteiger partial charge on any atom is -0.478 e. The summed E-state index contributed by atoms with van der Waals surface area (Å²) in [6, 6.07) is 4.98. The Morgan fingerprint density at radius 1 is 1.20 bits per heavy atom. The number of piperidine rings is 1. The van der Waals surface area contributed by atoms with Gasteiger partial charge in [-0.05, 0) is 64.6 Å². The monoisotopic (exact) mass is 416 g/mol. The molecular formula is C22H32N4O4. The standard InChI is InChI=1S/C22H32N4O4/c1-4-5-10-25-18-7-6-16(22(29)30)13-19(18)26(15-21(25)28)20(27)14-24(3)17-8-11-23(2)12-9-17/h6-7,13,17H,4-5,8-12,14-15H2,1-3H3,(H,29,30). The van der Waals surface area contributed by atoms with Crippen molar-refractivity contribution in [3.8, 4) is 0 Å². The van der Waals surface area contributed by atoms with E-state index in [1.54, 1.807) is 11.0 Å². The van der Waals surface area contributed by atoms with Gasteiger partial charge in [0.1, 0.15) is 6.54 Å². The van der Waals surface area contributed by atoms with E-state index >= 15 is 0 Å². The first-order valence-electron chi connectivity index (χ1n) is 10.7. The fraction of sp³-hybridized carbons (Fsp3) is 0.591. The van der Waals surface area contributed by atoms with E-state index in [1.165, 1.54) is 17.0 Å². The van der Waals surface area contributed by atoms with Crippen LogP contribution in [0.3, 0.4) is 0 Å². The number of fused-ring (bicyclic) bond motifs is 1. The summed E-state index contributed by atoms with van der Waals surface area (Å²) in [6.07, 6.45) is 3.79. The number of likely N-dealkylation sites (N-methyl/N-ethyl adjacent to an activating group) is 1. The number of amides is 2. The van der Waals surface area contributed by atoms with Crippen molar-refractivity contribution in [2.75, 3.05) is 56.6 Å². The van der Waals surface area contributed by atoms with E-state index in [0.717, 1.165) is 38.8 Å². The van der Waals surface area contributed by atoms with Crippen LogP contribution in [-0.2, 0) is 9.59 Å². The Morgan fingerprint density at radius 2 is 1.90 bits per heavy atom.